The van der Waals surface area contributed by atoms with Crippen molar-refractivity contribution < 1.29 is 4.79 Å². The van der Waals surface area contributed by atoms with Gasteiger partial charge in [-0.3, -0.25) is 4.79 Å². The Kier molecular flexibility index (Phi) is 2.60. The molecule has 1 aromatic heterocycles. The van der Waals surface area contributed by atoms with Crippen LogP contribution in [0.1, 0.15) is 19.4 Å². The molecule has 0 aliphatic carbocycles. The molecule has 0 bridgehead atoms. The minimum absolute atomic E-state index is 0.135. The van der Waals surface area contributed by atoms with Crippen LogP contribution in [0.2, 0.25) is 0 Å². The minimum atomic E-state index is 0.135. The summed E-state index contributed by atoms with van der Waals surface area (Å²) in [5.74, 6) is 0.135. The summed E-state index contributed by atoms with van der Waals surface area (Å²) in [6.07, 6.45) is 1.90. The van der Waals surface area contributed by atoms with E-state index in [1.54, 1.807) is 18.3 Å². The molecule has 0 unspecified atom stereocenters. The third-order valence-corrected chi connectivity index (χ3v) is 2.18. The Hall–Kier alpha value is -0.890. The third-order valence-electron chi connectivity index (χ3n) is 1.48. The van der Waals surface area contributed by atoms with Gasteiger partial charge in [-0.1, -0.05) is 0 Å². The smallest absolute Gasteiger partial charge is 0.155 e. The Morgan fingerprint density at radius 3 is 2.73 bits per heavy atom. The van der Waals surface area contributed by atoms with Crippen LogP contribution in [0.15, 0.2) is 22.4 Å². The Labute approximate surface area is 70.4 Å². The van der Waals surface area contributed by atoms with E-state index >= 15 is 0 Å². The van der Waals surface area contributed by atoms with Crippen molar-refractivity contribution in [3.8, 4) is 0 Å². The highest BCUT2D eigenvalue weighted by Crippen LogP contribution is 2.10. The maximum absolute atomic E-state index is 10.8. The number of ketones is 1. The van der Waals surface area contributed by atoms with Crippen LogP contribution < -0.4 is 0 Å². The van der Waals surface area contributed by atoms with Gasteiger partial charge in [0.2, 0.25) is 0 Å². The lowest BCUT2D eigenvalue weighted by molar-refractivity contribution is -0.113. The van der Waals surface area contributed by atoms with Crippen molar-refractivity contribution in [2.75, 3.05) is 0 Å². The van der Waals surface area contributed by atoms with Crippen molar-refractivity contribution in [3.05, 3.63) is 28.0 Å². The largest absolute Gasteiger partial charge is 0.295 e. The number of carbonyl (C=O) groups excluding carboxylic acids is 1. The van der Waals surface area contributed by atoms with Gasteiger partial charge in [0, 0.05) is 0 Å². The highest BCUT2D eigenvalue weighted by molar-refractivity contribution is 7.08. The quantitative estimate of drug-likeness (QED) is 0.617. The van der Waals surface area contributed by atoms with E-state index in [0.717, 1.165) is 11.1 Å². The molecule has 0 N–H and O–H groups in total. The van der Waals surface area contributed by atoms with Gasteiger partial charge in [-0.15, -0.1) is 0 Å². The van der Waals surface area contributed by atoms with Crippen LogP contribution in [0, 0.1) is 0 Å². The lowest BCUT2D eigenvalue weighted by atomic mass is 10.1. The van der Waals surface area contributed by atoms with E-state index in [0.29, 0.717) is 0 Å². The van der Waals surface area contributed by atoms with Gasteiger partial charge in [0.25, 0.3) is 0 Å². The standard InChI is InChI=1S/C9H10OS/c1-7(8(2)10)5-9-3-4-11-6-9/h3-6H,1-2H3/b7-5+. The van der Waals surface area contributed by atoms with Crippen LogP contribution in [0.3, 0.4) is 0 Å². The topological polar surface area (TPSA) is 17.1 Å². The normalized spacial score (nSPS) is 11.6. The summed E-state index contributed by atoms with van der Waals surface area (Å²) in [4.78, 5) is 10.8. The van der Waals surface area contributed by atoms with E-state index in [1.807, 2.05) is 29.8 Å². The van der Waals surface area contributed by atoms with Crippen LogP contribution in [-0.2, 0) is 4.79 Å². The molecule has 0 fully saturated rings. The molecule has 1 nitrogen and oxygen atoms in total. The van der Waals surface area contributed by atoms with E-state index in [4.69, 9.17) is 0 Å². The second-order valence-electron chi connectivity index (χ2n) is 2.44. The van der Waals surface area contributed by atoms with Crippen LogP contribution in [0.25, 0.3) is 6.08 Å². The summed E-state index contributed by atoms with van der Waals surface area (Å²) in [6.45, 7) is 3.41. The first kappa shape index (κ1) is 8.21. The highest BCUT2D eigenvalue weighted by Gasteiger charge is 1.95. The summed E-state index contributed by atoms with van der Waals surface area (Å²) in [5.41, 5.74) is 1.92. The molecule has 0 saturated carbocycles. The summed E-state index contributed by atoms with van der Waals surface area (Å²) >= 11 is 1.64. The van der Waals surface area contributed by atoms with Gasteiger partial charge in [-0.25, -0.2) is 0 Å². The summed E-state index contributed by atoms with van der Waals surface area (Å²) in [7, 11) is 0. The van der Waals surface area contributed by atoms with E-state index in [2.05, 4.69) is 0 Å². The average Bonchev–Trinajstić information content (AvgIpc) is 2.39. The molecule has 0 amide bonds. The fourth-order valence-electron chi connectivity index (χ4n) is 0.709. The number of hydrogen-bond acceptors (Lipinski definition) is 2. The van der Waals surface area contributed by atoms with Crippen molar-refractivity contribution in [1.29, 1.82) is 0 Å². The van der Waals surface area contributed by atoms with Crippen molar-refractivity contribution in [3.63, 3.8) is 0 Å². The first-order valence-corrected chi connectivity index (χ1v) is 4.36. The second kappa shape index (κ2) is 3.49. The Morgan fingerprint density at radius 2 is 2.27 bits per heavy atom. The van der Waals surface area contributed by atoms with E-state index in [-0.39, 0.29) is 5.78 Å². The van der Waals surface area contributed by atoms with Gasteiger partial charge in [0.15, 0.2) is 5.78 Å². The molecule has 0 aliphatic rings. The monoisotopic (exact) mass is 166 g/mol. The highest BCUT2D eigenvalue weighted by atomic mass is 32.1. The van der Waals surface area contributed by atoms with E-state index in [9.17, 15) is 4.79 Å². The van der Waals surface area contributed by atoms with Gasteiger partial charge in [0.1, 0.15) is 0 Å². The molecular formula is C9H10OS. The van der Waals surface area contributed by atoms with Crippen molar-refractivity contribution in [2.24, 2.45) is 0 Å². The molecule has 0 aromatic carbocycles. The maximum atomic E-state index is 10.8. The predicted molar refractivity (Wildman–Crippen MR) is 48.7 cm³/mol. The number of rotatable bonds is 2. The predicted octanol–water partition coefficient (Wildman–Crippen LogP) is 2.74. The summed E-state index contributed by atoms with van der Waals surface area (Å²) < 4.78 is 0. The number of thiophene rings is 1. The number of Topliss-reactive ketones (excluding diaryl/α,β-unsaturated/α-hetero) is 1. The molecular weight excluding hydrogens is 156 g/mol. The fraction of sp³-hybridized carbons (Fsp3) is 0.222. The first-order chi connectivity index (χ1) is 5.20. The number of allylic oxidation sites excluding steroid dienone is 1. The van der Waals surface area contributed by atoms with Gasteiger partial charge in [-0.05, 0) is 47.9 Å². The molecule has 0 spiro atoms. The molecule has 1 heterocycles. The molecule has 0 saturated heterocycles. The zero-order chi connectivity index (χ0) is 8.27. The maximum Gasteiger partial charge on any atom is 0.155 e. The van der Waals surface area contributed by atoms with Gasteiger partial charge in [0.05, 0.1) is 0 Å². The van der Waals surface area contributed by atoms with Crippen molar-refractivity contribution in [2.45, 2.75) is 13.8 Å². The van der Waals surface area contributed by atoms with E-state index in [1.165, 1.54) is 0 Å². The minimum Gasteiger partial charge on any atom is -0.295 e. The average molecular weight is 166 g/mol. The lowest BCUT2D eigenvalue weighted by Gasteiger charge is -1.90. The molecule has 2 heteroatoms. The first-order valence-electron chi connectivity index (χ1n) is 3.41. The zero-order valence-corrected chi connectivity index (χ0v) is 7.44. The fourth-order valence-corrected chi connectivity index (χ4v) is 1.33. The molecule has 1 aromatic rings. The van der Waals surface area contributed by atoms with Crippen LogP contribution >= 0.6 is 11.3 Å². The third kappa shape index (κ3) is 2.31. The van der Waals surface area contributed by atoms with E-state index < -0.39 is 0 Å². The molecule has 0 atom stereocenters. The van der Waals surface area contributed by atoms with Crippen molar-refractivity contribution >= 4 is 23.2 Å². The molecule has 58 valence electrons. The van der Waals surface area contributed by atoms with Gasteiger partial charge >= 0.3 is 0 Å². The Morgan fingerprint density at radius 1 is 1.55 bits per heavy atom. The zero-order valence-electron chi connectivity index (χ0n) is 6.63. The molecule has 0 radical (unpaired) electrons. The van der Waals surface area contributed by atoms with Gasteiger partial charge in [-0.2, -0.15) is 11.3 Å². The van der Waals surface area contributed by atoms with Gasteiger partial charge < -0.3 is 0 Å². The second-order valence-corrected chi connectivity index (χ2v) is 3.22. The SMILES string of the molecule is CC(=O)/C(C)=C/c1ccsc1. The summed E-state index contributed by atoms with van der Waals surface area (Å²) in [5, 5.41) is 4.02. The number of hydrogen-bond donors (Lipinski definition) is 0. The Balaban J connectivity index is 2.82. The molecule has 1 rings (SSSR count). The van der Waals surface area contributed by atoms with Crippen molar-refractivity contribution in [1.82, 2.24) is 0 Å². The van der Waals surface area contributed by atoms with Crippen LogP contribution in [-0.4, -0.2) is 5.78 Å². The Bertz CT molecular complexity index is 270. The lowest BCUT2D eigenvalue weighted by Crippen LogP contribution is -1.89. The number of carbonyl (C=O) groups is 1. The molecule has 0 aliphatic heterocycles. The van der Waals surface area contributed by atoms with Crippen LogP contribution in [0.5, 0.6) is 0 Å². The molecule has 11 heavy (non-hydrogen) atoms. The van der Waals surface area contributed by atoms with Crippen LogP contribution in [0.4, 0.5) is 0 Å². The summed E-state index contributed by atoms with van der Waals surface area (Å²) in [6, 6.07) is 2.00.